The Balaban J connectivity index is 1.84. The summed E-state index contributed by atoms with van der Waals surface area (Å²) in [7, 11) is 0. The van der Waals surface area contributed by atoms with Crippen molar-refractivity contribution in [3.05, 3.63) is 73.3 Å². The van der Waals surface area contributed by atoms with Crippen LogP contribution in [0.2, 0.25) is 0 Å². The van der Waals surface area contributed by atoms with E-state index in [4.69, 9.17) is 0 Å². The fraction of sp³-hybridized carbons (Fsp3) is 0.400. The van der Waals surface area contributed by atoms with E-state index in [0.717, 1.165) is 6.07 Å². The van der Waals surface area contributed by atoms with Crippen LogP contribution in [0.5, 0.6) is 0 Å². The van der Waals surface area contributed by atoms with Crippen LogP contribution in [0.4, 0.5) is 4.39 Å². The molecule has 9 nitrogen and oxygen atoms in total. The summed E-state index contributed by atoms with van der Waals surface area (Å²) < 4.78 is 15.1. The van der Waals surface area contributed by atoms with Gasteiger partial charge >= 0.3 is 5.69 Å². The van der Waals surface area contributed by atoms with Gasteiger partial charge < -0.3 is 10.6 Å². The topological polar surface area (TPSA) is 126 Å². The molecule has 3 N–H and O–H groups in total. The maximum absolute atomic E-state index is 13.7. The van der Waals surface area contributed by atoms with E-state index in [9.17, 15) is 23.6 Å². The van der Waals surface area contributed by atoms with E-state index in [1.54, 1.807) is 13.0 Å². The highest BCUT2D eigenvalue weighted by Crippen LogP contribution is 2.20. The zero-order valence-corrected chi connectivity index (χ0v) is 20.5. The third-order valence-corrected chi connectivity index (χ3v) is 5.48. The Labute approximate surface area is 201 Å². The number of rotatable bonds is 8. The summed E-state index contributed by atoms with van der Waals surface area (Å²) >= 11 is 0. The minimum atomic E-state index is -0.687. The normalized spacial score (nSPS) is 11.3. The number of amides is 2. The Morgan fingerprint density at radius 1 is 1.06 bits per heavy atom. The van der Waals surface area contributed by atoms with Crippen LogP contribution in [0.25, 0.3) is 11.0 Å². The molecule has 3 rings (SSSR count). The van der Waals surface area contributed by atoms with Crippen LogP contribution in [0.1, 0.15) is 65.6 Å². The van der Waals surface area contributed by atoms with Crippen molar-refractivity contribution < 1.29 is 14.0 Å². The van der Waals surface area contributed by atoms with Crippen LogP contribution in [-0.4, -0.2) is 39.4 Å². The lowest BCUT2D eigenvalue weighted by atomic mass is 10.0. The molecule has 2 aromatic heterocycles. The minimum Gasteiger partial charge on any atom is -0.350 e. The second-order valence-electron chi connectivity index (χ2n) is 9.19. The number of carbonyl (C=O) groups is 2. The number of hydrogen-bond donors (Lipinski definition) is 3. The molecule has 0 aliphatic carbocycles. The molecule has 0 saturated carbocycles. The van der Waals surface area contributed by atoms with Crippen LogP contribution >= 0.6 is 0 Å². The summed E-state index contributed by atoms with van der Waals surface area (Å²) in [5.41, 5.74) is 0.186. The molecule has 0 saturated heterocycles. The second-order valence-corrected chi connectivity index (χ2v) is 9.19. The molecule has 0 unspecified atom stereocenters. The number of fused-ring (bicyclic) bond motifs is 1. The summed E-state index contributed by atoms with van der Waals surface area (Å²) in [5, 5.41) is 5.35. The zero-order chi connectivity index (χ0) is 25.9. The largest absolute Gasteiger partial charge is 0.350 e. The van der Waals surface area contributed by atoms with Crippen molar-refractivity contribution in [3.63, 3.8) is 0 Å². The number of aryl methyl sites for hydroxylation is 1. The predicted molar refractivity (Wildman–Crippen MR) is 131 cm³/mol. The van der Waals surface area contributed by atoms with Crippen LogP contribution in [0, 0.1) is 18.7 Å². The van der Waals surface area contributed by atoms with Crippen molar-refractivity contribution in [2.24, 2.45) is 5.92 Å². The van der Waals surface area contributed by atoms with E-state index in [0.29, 0.717) is 17.8 Å². The van der Waals surface area contributed by atoms with E-state index in [-0.39, 0.29) is 47.1 Å². The number of aromatic nitrogens is 3. The molecule has 0 aliphatic rings. The van der Waals surface area contributed by atoms with Crippen molar-refractivity contribution in [3.8, 4) is 0 Å². The number of pyridine rings is 1. The zero-order valence-electron chi connectivity index (χ0n) is 20.5. The molecule has 2 amide bonds. The van der Waals surface area contributed by atoms with Crippen molar-refractivity contribution in [1.82, 2.24) is 25.2 Å². The van der Waals surface area contributed by atoms with Crippen molar-refractivity contribution >= 4 is 22.8 Å². The highest BCUT2D eigenvalue weighted by Gasteiger charge is 2.21. The number of H-pyrrole nitrogens is 1. The van der Waals surface area contributed by atoms with E-state index in [2.05, 4.69) is 20.6 Å². The molecule has 2 heterocycles. The number of benzene rings is 1. The first-order chi connectivity index (χ1) is 16.5. The lowest BCUT2D eigenvalue weighted by Crippen LogP contribution is -2.37. The quantitative estimate of drug-likeness (QED) is 0.425. The van der Waals surface area contributed by atoms with Crippen LogP contribution in [0.15, 0.2) is 33.9 Å². The van der Waals surface area contributed by atoms with E-state index >= 15 is 0 Å². The van der Waals surface area contributed by atoms with Crippen LogP contribution in [0.3, 0.4) is 0 Å². The van der Waals surface area contributed by atoms with Gasteiger partial charge in [-0.1, -0.05) is 33.8 Å². The molecular formula is C25H30FN5O4. The summed E-state index contributed by atoms with van der Waals surface area (Å²) in [6, 6.07) is 5.74. The number of hydrogen-bond acceptors (Lipinski definition) is 5. The lowest BCUT2D eigenvalue weighted by Gasteiger charge is -2.16. The van der Waals surface area contributed by atoms with Gasteiger partial charge in [-0.3, -0.25) is 23.9 Å². The monoisotopic (exact) mass is 483 g/mol. The molecular weight excluding hydrogens is 453 g/mol. The highest BCUT2D eigenvalue weighted by molar-refractivity contribution is 6.05. The van der Waals surface area contributed by atoms with Gasteiger partial charge in [0.05, 0.1) is 10.9 Å². The number of carbonyl (C=O) groups excluding carboxylic acids is 2. The minimum absolute atomic E-state index is 0.0336. The van der Waals surface area contributed by atoms with Gasteiger partial charge in [0.15, 0.2) is 5.65 Å². The van der Waals surface area contributed by atoms with E-state index in [1.807, 2.05) is 27.7 Å². The van der Waals surface area contributed by atoms with Gasteiger partial charge in [-0.2, -0.15) is 0 Å². The van der Waals surface area contributed by atoms with E-state index in [1.165, 1.54) is 16.7 Å². The number of nitrogens with one attached hydrogen (secondary N) is 3. The standard InChI is InChI=1S/C25H30FN5O4/c1-13(2)12-31-21-20(24(34)30-25(31)35)17(11-19(29-21)14(3)4)23(33)28-9-8-27-22(32)16-7-6-15(5)18(26)10-16/h6-7,10-11,13-14H,8-9,12H2,1-5H3,(H,27,32)(H,28,33)(H,30,34,35). The molecule has 1 aromatic carbocycles. The molecule has 0 spiro atoms. The molecule has 0 bridgehead atoms. The fourth-order valence-corrected chi connectivity index (χ4v) is 3.59. The van der Waals surface area contributed by atoms with Gasteiger partial charge in [0.2, 0.25) is 0 Å². The first-order valence-corrected chi connectivity index (χ1v) is 11.5. The van der Waals surface area contributed by atoms with E-state index < -0.39 is 28.9 Å². The summed E-state index contributed by atoms with van der Waals surface area (Å²) in [5.74, 6) is -1.42. The molecule has 0 atom stereocenters. The predicted octanol–water partition coefficient (Wildman–Crippen LogP) is 2.47. The Bertz CT molecular complexity index is 1390. The third-order valence-electron chi connectivity index (χ3n) is 5.48. The molecule has 186 valence electrons. The van der Waals surface area contributed by atoms with Gasteiger partial charge in [0.1, 0.15) is 5.82 Å². The molecule has 3 aromatic rings. The van der Waals surface area contributed by atoms with Gasteiger partial charge in [0.25, 0.3) is 17.4 Å². The van der Waals surface area contributed by atoms with Gasteiger partial charge in [-0.25, -0.2) is 14.2 Å². The van der Waals surface area contributed by atoms with Crippen molar-refractivity contribution in [2.45, 2.75) is 47.1 Å². The highest BCUT2D eigenvalue weighted by atomic mass is 19.1. The molecule has 10 heteroatoms. The average Bonchev–Trinajstić information content (AvgIpc) is 2.79. The number of nitrogens with zero attached hydrogens (tertiary/aromatic N) is 2. The molecule has 0 aliphatic heterocycles. The van der Waals surface area contributed by atoms with Gasteiger partial charge in [0, 0.05) is 30.9 Å². The fourth-order valence-electron chi connectivity index (χ4n) is 3.59. The third kappa shape index (κ3) is 5.82. The summed E-state index contributed by atoms with van der Waals surface area (Å²) in [6.07, 6.45) is 0. The number of aromatic amines is 1. The Hall–Kier alpha value is -3.82. The van der Waals surface area contributed by atoms with Crippen molar-refractivity contribution in [1.29, 1.82) is 0 Å². The summed E-state index contributed by atoms with van der Waals surface area (Å²) in [6.45, 7) is 9.76. The van der Waals surface area contributed by atoms with Gasteiger partial charge in [-0.15, -0.1) is 0 Å². The maximum Gasteiger partial charge on any atom is 0.330 e. The smallest absolute Gasteiger partial charge is 0.330 e. The first-order valence-electron chi connectivity index (χ1n) is 11.5. The summed E-state index contributed by atoms with van der Waals surface area (Å²) in [4.78, 5) is 57.3. The van der Waals surface area contributed by atoms with Crippen LogP contribution in [-0.2, 0) is 6.54 Å². The Morgan fingerprint density at radius 2 is 1.71 bits per heavy atom. The molecule has 35 heavy (non-hydrogen) atoms. The van der Waals surface area contributed by atoms with Crippen molar-refractivity contribution in [2.75, 3.05) is 13.1 Å². The lowest BCUT2D eigenvalue weighted by molar-refractivity contribution is 0.0928. The van der Waals surface area contributed by atoms with Crippen LogP contribution < -0.4 is 21.9 Å². The number of halogens is 1. The maximum atomic E-state index is 13.7. The SMILES string of the molecule is Cc1ccc(C(=O)NCCNC(=O)c2cc(C(C)C)nc3c2c(=O)[nH]c(=O)n3CC(C)C)cc1F. The second kappa shape index (κ2) is 10.6. The molecule has 0 fully saturated rings. The first kappa shape index (κ1) is 25.8. The average molecular weight is 484 g/mol. The Morgan fingerprint density at radius 3 is 2.31 bits per heavy atom. The van der Waals surface area contributed by atoms with Gasteiger partial charge in [-0.05, 0) is 42.5 Å². The Kier molecular flexibility index (Phi) is 7.83. The molecule has 0 radical (unpaired) electrons.